The number of likely N-dealkylation sites (tertiary alicyclic amines) is 1. The van der Waals surface area contributed by atoms with Crippen LogP contribution in [0.3, 0.4) is 0 Å². The summed E-state index contributed by atoms with van der Waals surface area (Å²) in [5.41, 5.74) is 1.30. The van der Waals surface area contributed by atoms with Crippen molar-refractivity contribution in [1.82, 2.24) is 4.90 Å². The van der Waals surface area contributed by atoms with Crippen LogP contribution in [0.2, 0.25) is 0 Å². The minimum atomic E-state index is -0.921. The Hall–Kier alpha value is -3.06. The van der Waals surface area contributed by atoms with Gasteiger partial charge in [0.1, 0.15) is 0 Å². The molecular formula is C29H37NO6. The van der Waals surface area contributed by atoms with E-state index in [0.29, 0.717) is 43.5 Å². The molecule has 1 saturated carbocycles. The first-order chi connectivity index (χ1) is 17.2. The molecule has 1 N–H and O–H groups in total. The molecule has 2 fully saturated rings. The Morgan fingerprint density at radius 3 is 2.47 bits per heavy atom. The summed E-state index contributed by atoms with van der Waals surface area (Å²) in [6.45, 7) is 6.50. The van der Waals surface area contributed by atoms with Crippen molar-refractivity contribution in [3.63, 3.8) is 0 Å². The maximum Gasteiger partial charge on any atom is 0.303 e. The first-order valence-electron chi connectivity index (χ1n) is 12.7. The van der Waals surface area contributed by atoms with Crippen LogP contribution in [0, 0.1) is 11.3 Å². The number of carbonyl (C=O) groups is 2. The van der Waals surface area contributed by atoms with E-state index in [0.717, 1.165) is 11.1 Å². The first kappa shape index (κ1) is 26.0. The van der Waals surface area contributed by atoms with E-state index in [1.165, 1.54) is 19.8 Å². The number of benzene rings is 2. The number of ether oxygens (including phenoxy) is 3. The summed E-state index contributed by atoms with van der Waals surface area (Å²) in [7, 11) is 1.62. The summed E-state index contributed by atoms with van der Waals surface area (Å²) in [5.74, 6) is 1.07. The third-order valence-corrected chi connectivity index (χ3v) is 7.61. The number of amides is 1. The molecule has 1 saturated heterocycles. The molecule has 194 valence electrons. The van der Waals surface area contributed by atoms with Crippen LogP contribution in [0.25, 0.3) is 0 Å². The molecule has 4 atom stereocenters. The second kappa shape index (κ2) is 10.9. The highest BCUT2D eigenvalue weighted by atomic mass is 16.5. The fraction of sp³-hybridized carbons (Fsp3) is 0.517. The maximum absolute atomic E-state index is 13.6. The van der Waals surface area contributed by atoms with Crippen molar-refractivity contribution in [3.8, 4) is 11.5 Å². The largest absolute Gasteiger partial charge is 0.493 e. The average molecular weight is 496 g/mol. The lowest BCUT2D eigenvalue weighted by molar-refractivity contribution is -0.158. The molecule has 0 radical (unpaired) electrons. The van der Waals surface area contributed by atoms with Gasteiger partial charge in [0.05, 0.1) is 19.8 Å². The van der Waals surface area contributed by atoms with Gasteiger partial charge in [0.25, 0.3) is 5.91 Å². The quantitative estimate of drug-likeness (QED) is 0.502. The second-order valence-corrected chi connectivity index (χ2v) is 10.4. The van der Waals surface area contributed by atoms with E-state index in [2.05, 4.69) is 0 Å². The van der Waals surface area contributed by atoms with E-state index < -0.39 is 23.6 Å². The molecule has 0 spiro atoms. The summed E-state index contributed by atoms with van der Waals surface area (Å²) in [4.78, 5) is 27.2. The smallest absolute Gasteiger partial charge is 0.303 e. The fourth-order valence-electron chi connectivity index (χ4n) is 5.02. The number of carbonyl (C=O) groups excluding carboxylic acids is 2. The van der Waals surface area contributed by atoms with Gasteiger partial charge >= 0.3 is 5.97 Å². The van der Waals surface area contributed by atoms with Crippen molar-refractivity contribution in [2.45, 2.75) is 58.2 Å². The number of rotatable bonds is 10. The number of aliphatic hydroxyl groups is 1. The van der Waals surface area contributed by atoms with Crippen LogP contribution in [0.1, 0.15) is 50.7 Å². The highest BCUT2D eigenvalue weighted by Gasteiger charge is 2.49. The number of hydrogen-bond donors (Lipinski definition) is 1. The normalized spacial score (nSPS) is 23.1. The summed E-state index contributed by atoms with van der Waals surface area (Å²) in [5, 5.41) is 10.8. The standard InChI is InChI=1S/C29H37NO6/c1-19(31)29(3)18-30(28(33)27(36-20(2)32)14-21-8-6-5-7-9-21)16-24(29)23-12-13-25(34-4)26(15-23)35-17-22-10-11-22/h5-9,12-13,15,19,22,24,27,31H,10-11,14,16-18H2,1-4H3/t19?,24?,27-,29?/m0/s1. The molecule has 2 aromatic rings. The molecule has 7 nitrogen and oxygen atoms in total. The minimum absolute atomic E-state index is 0.134. The van der Waals surface area contributed by atoms with Gasteiger partial charge in [-0.1, -0.05) is 43.3 Å². The van der Waals surface area contributed by atoms with Gasteiger partial charge in [0, 0.05) is 37.8 Å². The lowest BCUT2D eigenvalue weighted by Crippen LogP contribution is -2.43. The fourth-order valence-corrected chi connectivity index (χ4v) is 5.02. The van der Waals surface area contributed by atoms with Gasteiger partial charge in [-0.05, 0) is 48.9 Å². The van der Waals surface area contributed by atoms with E-state index in [1.54, 1.807) is 18.9 Å². The molecule has 2 aromatic carbocycles. The minimum Gasteiger partial charge on any atom is -0.493 e. The zero-order chi connectivity index (χ0) is 25.9. The van der Waals surface area contributed by atoms with Crippen LogP contribution in [0.4, 0.5) is 0 Å². The van der Waals surface area contributed by atoms with Crippen LogP contribution >= 0.6 is 0 Å². The number of nitrogens with zero attached hydrogens (tertiary/aromatic N) is 1. The average Bonchev–Trinajstić information content (AvgIpc) is 3.62. The lowest BCUT2D eigenvalue weighted by Gasteiger charge is -2.34. The topological polar surface area (TPSA) is 85.3 Å². The zero-order valence-corrected chi connectivity index (χ0v) is 21.6. The van der Waals surface area contributed by atoms with Gasteiger partial charge in [-0.3, -0.25) is 9.59 Å². The summed E-state index contributed by atoms with van der Waals surface area (Å²) < 4.78 is 17.1. The van der Waals surface area contributed by atoms with Gasteiger partial charge in [-0.15, -0.1) is 0 Å². The predicted octanol–water partition coefficient (Wildman–Crippen LogP) is 3.97. The highest BCUT2D eigenvalue weighted by Crippen LogP contribution is 2.47. The van der Waals surface area contributed by atoms with Crippen molar-refractivity contribution in [2.24, 2.45) is 11.3 Å². The van der Waals surface area contributed by atoms with Crippen molar-refractivity contribution < 1.29 is 28.9 Å². The molecular weight excluding hydrogens is 458 g/mol. The summed E-state index contributed by atoms with van der Waals surface area (Å²) >= 11 is 0. The molecule has 3 unspecified atom stereocenters. The van der Waals surface area contributed by atoms with E-state index in [1.807, 2.05) is 55.5 Å². The molecule has 1 heterocycles. The van der Waals surface area contributed by atoms with E-state index in [9.17, 15) is 14.7 Å². The van der Waals surface area contributed by atoms with Gasteiger partial charge in [-0.2, -0.15) is 0 Å². The maximum atomic E-state index is 13.6. The van der Waals surface area contributed by atoms with Gasteiger partial charge in [0.15, 0.2) is 17.6 Å². The van der Waals surface area contributed by atoms with E-state index in [4.69, 9.17) is 14.2 Å². The highest BCUT2D eigenvalue weighted by molar-refractivity contribution is 5.84. The third kappa shape index (κ3) is 5.84. The second-order valence-electron chi connectivity index (χ2n) is 10.4. The van der Waals surface area contributed by atoms with E-state index in [-0.39, 0.29) is 11.8 Å². The van der Waals surface area contributed by atoms with E-state index >= 15 is 0 Å². The van der Waals surface area contributed by atoms with Crippen molar-refractivity contribution >= 4 is 11.9 Å². The van der Waals surface area contributed by atoms with Crippen LogP contribution in [-0.4, -0.2) is 60.9 Å². The molecule has 1 aliphatic carbocycles. The van der Waals surface area contributed by atoms with Gasteiger partial charge in [0.2, 0.25) is 0 Å². The number of aliphatic hydroxyl groups excluding tert-OH is 1. The van der Waals surface area contributed by atoms with Crippen LogP contribution < -0.4 is 9.47 Å². The lowest BCUT2D eigenvalue weighted by atomic mass is 9.72. The van der Waals surface area contributed by atoms with Crippen molar-refractivity contribution in [3.05, 3.63) is 59.7 Å². The van der Waals surface area contributed by atoms with Crippen molar-refractivity contribution in [1.29, 1.82) is 0 Å². The Labute approximate surface area is 213 Å². The Bertz CT molecular complexity index is 1070. The number of esters is 1. The Morgan fingerprint density at radius 1 is 1.14 bits per heavy atom. The molecule has 2 aliphatic rings. The zero-order valence-electron chi connectivity index (χ0n) is 21.6. The Kier molecular flexibility index (Phi) is 7.88. The molecule has 0 bridgehead atoms. The van der Waals surface area contributed by atoms with Gasteiger partial charge in [-0.25, -0.2) is 0 Å². The Morgan fingerprint density at radius 2 is 1.86 bits per heavy atom. The predicted molar refractivity (Wildman–Crippen MR) is 136 cm³/mol. The summed E-state index contributed by atoms with van der Waals surface area (Å²) in [6.07, 6.45) is 1.09. The SMILES string of the molecule is COc1ccc(C2CN(C(=O)[C@H](Cc3ccccc3)OC(C)=O)CC2(C)C(C)O)cc1OCC1CC1. The first-order valence-corrected chi connectivity index (χ1v) is 12.7. The van der Waals surface area contributed by atoms with Crippen LogP contribution in [0.15, 0.2) is 48.5 Å². The third-order valence-electron chi connectivity index (χ3n) is 7.61. The molecule has 0 aromatic heterocycles. The van der Waals surface area contributed by atoms with Crippen LogP contribution in [-0.2, 0) is 20.7 Å². The molecule has 7 heteroatoms. The van der Waals surface area contributed by atoms with Gasteiger partial charge < -0.3 is 24.2 Å². The molecule has 4 rings (SSSR count). The molecule has 1 aliphatic heterocycles. The molecule has 36 heavy (non-hydrogen) atoms. The molecule has 1 amide bonds. The summed E-state index contributed by atoms with van der Waals surface area (Å²) in [6, 6.07) is 15.4. The Balaban J connectivity index is 1.59. The van der Waals surface area contributed by atoms with Crippen molar-refractivity contribution in [2.75, 3.05) is 26.8 Å². The van der Waals surface area contributed by atoms with Crippen LogP contribution in [0.5, 0.6) is 11.5 Å². The number of methoxy groups -OCH3 is 1. The number of hydrogen-bond acceptors (Lipinski definition) is 6. The monoisotopic (exact) mass is 495 g/mol.